The Morgan fingerprint density at radius 2 is 1.73 bits per heavy atom. The van der Waals surface area contributed by atoms with Gasteiger partial charge in [0, 0.05) is 12.5 Å². The van der Waals surface area contributed by atoms with Gasteiger partial charge in [0.25, 0.3) is 0 Å². The van der Waals surface area contributed by atoms with E-state index in [-0.39, 0.29) is 22.6 Å². The molecule has 0 aliphatic heterocycles. The van der Waals surface area contributed by atoms with Gasteiger partial charge in [0.05, 0.1) is 0 Å². The molecule has 0 aromatic carbocycles. The Kier molecular flexibility index (Phi) is 3.50. The highest BCUT2D eigenvalue weighted by Crippen LogP contribution is 2.66. The zero-order valence-corrected chi connectivity index (χ0v) is 13.5. The first kappa shape index (κ1) is 15.4. The van der Waals surface area contributed by atoms with Crippen LogP contribution < -0.4 is 0 Å². The van der Waals surface area contributed by atoms with Crippen LogP contribution in [0.2, 0.25) is 0 Å². The third kappa shape index (κ3) is 2.41. The molecule has 3 heteroatoms. The van der Waals surface area contributed by atoms with Gasteiger partial charge in [-0.2, -0.15) is 0 Å². The molecule has 4 saturated carbocycles. The van der Waals surface area contributed by atoms with Crippen molar-refractivity contribution in [3.05, 3.63) is 37.6 Å². The molecule has 4 aliphatic carbocycles. The average molecular weight is 302 g/mol. The van der Waals surface area contributed by atoms with Crippen molar-refractivity contribution in [2.75, 3.05) is 0 Å². The SMILES string of the molecule is C=CC(=C)O[C@@]12CC3CC(OC(=O)C=C)(C[C@](CC)(C3)C1)C2. The molecule has 4 rings (SSSR count). The summed E-state index contributed by atoms with van der Waals surface area (Å²) in [5, 5.41) is 0. The highest BCUT2D eigenvalue weighted by Gasteiger charge is 2.65. The third-order valence-corrected chi connectivity index (χ3v) is 5.89. The van der Waals surface area contributed by atoms with Crippen LogP contribution in [0.15, 0.2) is 37.6 Å². The Balaban J connectivity index is 1.94. The van der Waals surface area contributed by atoms with Crippen LogP contribution in [0.25, 0.3) is 0 Å². The van der Waals surface area contributed by atoms with Crippen molar-refractivity contribution in [2.45, 2.75) is 63.1 Å². The van der Waals surface area contributed by atoms with E-state index >= 15 is 0 Å². The summed E-state index contributed by atoms with van der Waals surface area (Å²) in [5.74, 6) is 0.871. The van der Waals surface area contributed by atoms with Gasteiger partial charge in [0.2, 0.25) is 0 Å². The maximum Gasteiger partial charge on any atom is 0.330 e. The molecule has 4 aliphatic rings. The first-order chi connectivity index (χ1) is 10.4. The second kappa shape index (κ2) is 5.00. The highest BCUT2D eigenvalue weighted by atomic mass is 16.6. The molecule has 0 aromatic rings. The molecule has 4 atom stereocenters. The Morgan fingerprint density at radius 1 is 1.09 bits per heavy atom. The fourth-order valence-electron chi connectivity index (χ4n) is 5.65. The van der Waals surface area contributed by atoms with E-state index in [2.05, 4.69) is 26.7 Å². The molecular formula is C19H26O3. The van der Waals surface area contributed by atoms with Gasteiger partial charge >= 0.3 is 5.97 Å². The molecule has 0 aromatic heterocycles. The second-order valence-corrected chi connectivity index (χ2v) is 7.63. The second-order valence-electron chi connectivity index (χ2n) is 7.63. The molecule has 120 valence electrons. The monoisotopic (exact) mass is 302 g/mol. The lowest BCUT2D eigenvalue weighted by molar-refractivity contribution is -0.244. The van der Waals surface area contributed by atoms with E-state index in [0.717, 1.165) is 38.5 Å². The first-order valence-corrected chi connectivity index (χ1v) is 8.24. The Morgan fingerprint density at radius 3 is 2.27 bits per heavy atom. The third-order valence-electron chi connectivity index (χ3n) is 5.89. The van der Waals surface area contributed by atoms with Gasteiger partial charge in [-0.3, -0.25) is 0 Å². The standard InChI is InChI=1S/C19H26O3/c1-5-14(4)21-18-9-15-8-17(7-3,11-18)12-19(10-15,13-18)22-16(20)6-2/h5-6,15H,1-2,4,7-13H2,3H3/t15?,17-,18+,19?/m1/s1. The minimum absolute atomic E-state index is 0.225. The zero-order valence-electron chi connectivity index (χ0n) is 13.5. The molecule has 4 fully saturated rings. The summed E-state index contributed by atoms with van der Waals surface area (Å²) in [5.41, 5.74) is -0.410. The number of hydrogen-bond donors (Lipinski definition) is 0. The largest absolute Gasteiger partial charge is 0.488 e. The smallest absolute Gasteiger partial charge is 0.330 e. The number of esters is 1. The van der Waals surface area contributed by atoms with Crippen molar-refractivity contribution in [1.82, 2.24) is 0 Å². The van der Waals surface area contributed by atoms with Crippen LogP contribution in [0, 0.1) is 11.3 Å². The summed E-state index contributed by atoms with van der Waals surface area (Å²) < 4.78 is 12.1. The van der Waals surface area contributed by atoms with Crippen molar-refractivity contribution >= 4 is 5.97 Å². The number of hydrogen-bond acceptors (Lipinski definition) is 3. The van der Waals surface area contributed by atoms with Gasteiger partial charge in [0.1, 0.15) is 17.0 Å². The summed E-state index contributed by atoms with van der Waals surface area (Å²) in [6.07, 6.45) is 10.0. The van der Waals surface area contributed by atoms with Crippen molar-refractivity contribution in [1.29, 1.82) is 0 Å². The predicted molar refractivity (Wildman–Crippen MR) is 86.1 cm³/mol. The lowest BCUT2D eigenvalue weighted by Gasteiger charge is -2.65. The van der Waals surface area contributed by atoms with Crippen molar-refractivity contribution in [3.8, 4) is 0 Å². The molecule has 0 spiro atoms. The van der Waals surface area contributed by atoms with E-state index in [9.17, 15) is 4.79 Å². The number of carbonyl (C=O) groups is 1. The Labute approximate surface area is 133 Å². The molecule has 2 unspecified atom stereocenters. The van der Waals surface area contributed by atoms with Crippen molar-refractivity contribution in [2.24, 2.45) is 11.3 Å². The van der Waals surface area contributed by atoms with Crippen LogP contribution in [0.5, 0.6) is 0 Å². The highest BCUT2D eigenvalue weighted by molar-refractivity contribution is 5.81. The van der Waals surface area contributed by atoms with Gasteiger partial charge in [-0.05, 0) is 49.5 Å². The molecule has 22 heavy (non-hydrogen) atoms. The summed E-state index contributed by atoms with van der Waals surface area (Å²) in [4.78, 5) is 11.9. The quantitative estimate of drug-likeness (QED) is 0.317. The molecule has 0 N–H and O–H groups in total. The average Bonchev–Trinajstić information content (AvgIpc) is 2.44. The fraction of sp³-hybridized carbons (Fsp3) is 0.632. The van der Waals surface area contributed by atoms with Crippen LogP contribution >= 0.6 is 0 Å². The van der Waals surface area contributed by atoms with Gasteiger partial charge in [0.15, 0.2) is 0 Å². The van der Waals surface area contributed by atoms with E-state index in [0.29, 0.717) is 11.7 Å². The van der Waals surface area contributed by atoms with Crippen LogP contribution in [-0.4, -0.2) is 17.2 Å². The van der Waals surface area contributed by atoms with Gasteiger partial charge in [-0.25, -0.2) is 4.79 Å². The molecule has 0 saturated heterocycles. The summed E-state index contributed by atoms with van der Waals surface area (Å²) in [7, 11) is 0. The molecule has 0 heterocycles. The maximum atomic E-state index is 11.9. The Hall–Kier alpha value is -1.51. The molecule has 3 nitrogen and oxygen atoms in total. The summed E-state index contributed by atoms with van der Waals surface area (Å²) >= 11 is 0. The lowest BCUT2D eigenvalue weighted by Crippen LogP contribution is -2.64. The topological polar surface area (TPSA) is 35.5 Å². The normalized spacial score (nSPS) is 41.8. The lowest BCUT2D eigenvalue weighted by atomic mass is 9.45. The van der Waals surface area contributed by atoms with Crippen LogP contribution in [-0.2, 0) is 14.3 Å². The van der Waals surface area contributed by atoms with E-state index in [4.69, 9.17) is 9.47 Å². The molecular weight excluding hydrogens is 276 g/mol. The van der Waals surface area contributed by atoms with Gasteiger partial charge in [-0.1, -0.05) is 33.1 Å². The molecule has 0 radical (unpaired) electrons. The van der Waals surface area contributed by atoms with Crippen molar-refractivity contribution < 1.29 is 14.3 Å². The number of allylic oxidation sites excluding steroid dienone is 1. The minimum atomic E-state index is -0.387. The molecule has 4 bridgehead atoms. The molecule has 0 amide bonds. The summed E-state index contributed by atoms with van der Waals surface area (Å²) in [6, 6.07) is 0. The Bertz CT molecular complexity index is 495. The van der Waals surface area contributed by atoms with E-state index in [1.54, 1.807) is 6.08 Å². The zero-order chi connectivity index (χ0) is 16.0. The van der Waals surface area contributed by atoms with Crippen LogP contribution in [0.3, 0.4) is 0 Å². The predicted octanol–water partition coefficient (Wildman–Crippen LogP) is 4.30. The van der Waals surface area contributed by atoms with E-state index in [1.807, 2.05) is 0 Å². The van der Waals surface area contributed by atoms with Crippen LogP contribution in [0.4, 0.5) is 0 Å². The summed E-state index contributed by atoms with van der Waals surface area (Å²) in [6.45, 7) is 13.5. The van der Waals surface area contributed by atoms with Gasteiger partial charge in [-0.15, -0.1) is 0 Å². The maximum absolute atomic E-state index is 11.9. The van der Waals surface area contributed by atoms with Crippen LogP contribution in [0.1, 0.15) is 51.9 Å². The van der Waals surface area contributed by atoms with Crippen molar-refractivity contribution in [3.63, 3.8) is 0 Å². The van der Waals surface area contributed by atoms with Gasteiger partial charge < -0.3 is 9.47 Å². The number of rotatable bonds is 6. The minimum Gasteiger partial charge on any atom is -0.488 e. The van der Waals surface area contributed by atoms with E-state index in [1.165, 1.54) is 12.5 Å². The first-order valence-electron chi connectivity index (χ1n) is 8.24. The fourth-order valence-corrected chi connectivity index (χ4v) is 5.65. The number of carbonyl (C=O) groups excluding carboxylic acids is 1. The number of ether oxygens (including phenoxy) is 2. The van der Waals surface area contributed by atoms with E-state index < -0.39 is 0 Å².